The first kappa shape index (κ1) is 16.4. The molecule has 0 aliphatic rings. The van der Waals surface area contributed by atoms with Gasteiger partial charge >= 0.3 is 0 Å². The van der Waals surface area contributed by atoms with Gasteiger partial charge in [0.2, 0.25) is 0 Å². The summed E-state index contributed by atoms with van der Waals surface area (Å²) in [6, 6.07) is 9.65. The number of aliphatic hydroxyl groups excluding tert-OH is 1. The first-order valence-corrected chi connectivity index (χ1v) is 8.35. The number of benzene rings is 1. The Labute approximate surface area is 141 Å². The fourth-order valence-electron chi connectivity index (χ4n) is 2.92. The maximum Gasteiger partial charge on any atom is 0.166 e. The lowest BCUT2D eigenvalue weighted by atomic mass is 10.1. The van der Waals surface area contributed by atoms with E-state index in [0.717, 1.165) is 24.8 Å². The molecule has 0 saturated heterocycles. The number of anilines is 1. The molecule has 0 fully saturated rings. The molecule has 2 aromatic heterocycles. The molecule has 0 amide bonds. The Morgan fingerprint density at radius 1 is 1.21 bits per heavy atom. The minimum Gasteiger partial charge on any atom is -0.391 e. The zero-order valence-corrected chi connectivity index (χ0v) is 14.1. The molecule has 0 bridgehead atoms. The van der Waals surface area contributed by atoms with Crippen molar-refractivity contribution in [3.05, 3.63) is 36.7 Å². The van der Waals surface area contributed by atoms with Crippen molar-refractivity contribution in [2.45, 2.75) is 45.3 Å². The zero-order chi connectivity index (χ0) is 17.1. The molecule has 0 aliphatic carbocycles. The van der Waals surface area contributed by atoms with Crippen molar-refractivity contribution < 1.29 is 5.11 Å². The molecule has 0 radical (unpaired) electrons. The van der Waals surface area contributed by atoms with Crippen LogP contribution in [0.25, 0.3) is 22.6 Å². The van der Waals surface area contributed by atoms with Crippen LogP contribution in [0.1, 0.15) is 39.2 Å². The van der Waals surface area contributed by atoms with Gasteiger partial charge in [0.15, 0.2) is 17.3 Å². The number of aromatic nitrogens is 4. The highest BCUT2D eigenvalue weighted by atomic mass is 16.3. The third kappa shape index (κ3) is 3.10. The first-order valence-electron chi connectivity index (χ1n) is 8.35. The topological polar surface area (TPSA) is 89.8 Å². The van der Waals surface area contributed by atoms with E-state index in [2.05, 4.69) is 21.9 Å². The average molecular weight is 325 g/mol. The second kappa shape index (κ2) is 6.97. The molecule has 126 valence electrons. The summed E-state index contributed by atoms with van der Waals surface area (Å²) < 4.78 is 1.93. The lowest BCUT2D eigenvalue weighted by molar-refractivity contribution is 0.125. The lowest BCUT2D eigenvalue weighted by Crippen LogP contribution is -2.21. The van der Waals surface area contributed by atoms with Crippen LogP contribution in [0.2, 0.25) is 0 Å². The first-order chi connectivity index (χ1) is 11.6. The molecule has 0 aliphatic heterocycles. The number of nitrogen functional groups attached to an aromatic ring is 1. The van der Waals surface area contributed by atoms with Crippen LogP contribution in [-0.2, 0) is 0 Å². The van der Waals surface area contributed by atoms with Crippen LogP contribution in [0.15, 0.2) is 36.7 Å². The fourth-order valence-corrected chi connectivity index (χ4v) is 2.92. The van der Waals surface area contributed by atoms with Gasteiger partial charge in [-0.1, -0.05) is 50.1 Å². The molecule has 2 atom stereocenters. The van der Waals surface area contributed by atoms with E-state index in [0.29, 0.717) is 22.8 Å². The van der Waals surface area contributed by atoms with Crippen LogP contribution in [-0.4, -0.2) is 30.7 Å². The van der Waals surface area contributed by atoms with Crippen molar-refractivity contribution in [2.24, 2.45) is 0 Å². The largest absolute Gasteiger partial charge is 0.391 e. The molecule has 3 N–H and O–H groups in total. The Morgan fingerprint density at radius 3 is 2.62 bits per heavy atom. The van der Waals surface area contributed by atoms with Crippen LogP contribution < -0.4 is 5.73 Å². The second-order valence-corrected chi connectivity index (χ2v) is 6.07. The molecule has 3 aromatic rings. The SMILES string of the molecule is CCCC[C@@H]([C@@H](C)O)n1cnc2c(N)nc(-c3ccccc3)nc21. The van der Waals surface area contributed by atoms with Gasteiger partial charge in [-0.2, -0.15) is 0 Å². The van der Waals surface area contributed by atoms with Crippen LogP contribution in [0.5, 0.6) is 0 Å². The molecule has 6 heteroatoms. The normalized spacial score (nSPS) is 14.0. The molecule has 1 aromatic carbocycles. The number of hydrogen-bond donors (Lipinski definition) is 2. The molecule has 24 heavy (non-hydrogen) atoms. The van der Waals surface area contributed by atoms with Crippen molar-refractivity contribution in [3.8, 4) is 11.4 Å². The number of nitrogens with two attached hydrogens (primary N) is 1. The number of imidazole rings is 1. The van der Waals surface area contributed by atoms with Gasteiger partial charge in [0.25, 0.3) is 0 Å². The Morgan fingerprint density at radius 2 is 1.96 bits per heavy atom. The molecule has 6 nitrogen and oxygen atoms in total. The third-order valence-corrected chi connectivity index (χ3v) is 4.25. The average Bonchev–Trinajstić information content (AvgIpc) is 3.00. The fraction of sp³-hybridized carbons (Fsp3) is 0.389. The summed E-state index contributed by atoms with van der Waals surface area (Å²) in [6.07, 6.45) is 4.18. The van der Waals surface area contributed by atoms with E-state index in [-0.39, 0.29) is 6.04 Å². The maximum atomic E-state index is 10.2. The van der Waals surface area contributed by atoms with Crippen LogP contribution >= 0.6 is 0 Å². The Balaban J connectivity index is 2.11. The van der Waals surface area contributed by atoms with Gasteiger partial charge in [-0.3, -0.25) is 0 Å². The number of aliphatic hydroxyl groups is 1. The second-order valence-electron chi connectivity index (χ2n) is 6.07. The number of hydrogen-bond acceptors (Lipinski definition) is 5. The van der Waals surface area contributed by atoms with E-state index in [1.807, 2.05) is 34.9 Å². The minimum absolute atomic E-state index is 0.0760. The summed E-state index contributed by atoms with van der Waals surface area (Å²) in [5.74, 6) is 0.930. The smallest absolute Gasteiger partial charge is 0.166 e. The monoisotopic (exact) mass is 325 g/mol. The van der Waals surface area contributed by atoms with E-state index in [1.165, 1.54) is 0 Å². The van der Waals surface area contributed by atoms with E-state index >= 15 is 0 Å². The van der Waals surface area contributed by atoms with Crippen molar-refractivity contribution in [1.82, 2.24) is 19.5 Å². The van der Waals surface area contributed by atoms with Gasteiger partial charge in [0.1, 0.15) is 5.52 Å². The van der Waals surface area contributed by atoms with Gasteiger partial charge < -0.3 is 15.4 Å². The molecular formula is C18H23N5O. The van der Waals surface area contributed by atoms with E-state index < -0.39 is 6.10 Å². The van der Waals surface area contributed by atoms with Crippen molar-refractivity contribution in [1.29, 1.82) is 0 Å². The van der Waals surface area contributed by atoms with Crippen LogP contribution in [0.4, 0.5) is 5.82 Å². The van der Waals surface area contributed by atoms with Gasteiger partial charge in [0, 0.05) is 5.56 Å². The number of unbranched alkanes of at least 4 members (excludes halogenated alkanes) is 1. The third-order valence-electron chi connectivity index (χ3n) is 4.25. The van der Waals surface area contributed by atoms with Gasteiger partial charge in [-0.15, -0.1) is 0 Å². The Bertz CT molecular complexity index is 813. The van der Waals surface area contributed by atoms with E-state index in [4.69, 9.17) is 5.73 Å². The van der Waals surface area contributed by atoms with Crippen LogP contribution in [0, 0.1) is 0 Å². The summed E-state index contributed by atoms with van der Waals surface area (Å²) in [4.78, 5) is 13.4. The van der Waals surface area contributed by atoms with Crippen molar-refractivity contribution in [3.63, 3.8) is 0 Å². The molecule has 0 unspecified atom stereocenters. The summed E-state index contributed by atoms with van der Waals surface area (Å²) in [5.41, 5.74) is 8.25. The Hall–Kier alpha value is -2.47. The van der Waals surface area contributed by atoms with E-state index in [9.17, 15) is 5.11 Å². The molecular weight excluding hydrogens is 302 g/mol. The quantitative estimate of drug-likeness (QED) is 0.726. The molecule has 0 saturated carbocycles. The number of rotatable bonds is 6. The predicted molar refractivity (Wildman–Crippen MR) is 95.4 cm³/mol. The van der Waals surface area contributed by atoms with Crippen LogP contribution in [0.3, 0.4) is 0 Å². The van der Waals surface area contributed by atoms with Crippen molar-refractivity contribution >= 4 is 17.0 Å². The predicted octanol–water partition coefficient (Wildman–Crippen LogP) is 3.19. The summed E-state index contributed by atoms with van der Waals surface area (Å²) >= 11 is 0. The maximum absolute atomic E-state index is 10.2. The van der Waals surface area contributed by atoms with Gasteiger partial charge in [-0.25, -0.2) is 15.0 Å². The summed E-state index contributed by atoms with van der Waals surface area (Å²) in [5, 5.41) is 10.2. The van der Waals surface area contributed by atoms with E-state index in [1.54, 1.807) is 13.3 Å². The van der Waals surface area contributed by atoms with Gasteiger partial charge in [0.05, 0.1) is 18.5 Å². The summed E-state index contributed by atoms with van der Waals surface area (Å²) in [7, 11) is 0. The standard InChI is InChI=1S/C18H23N5O/c1-3-4-10-14(12(2)24)23-11-20-15-16(19)21-17(22-18(15)23)13-8-6-5-7-9-13/h5-9,11-12,14,24H,3-4,10H2,1-2H3,(H2,19,21,22)/t12-,14+/m1/s1. The highest BCUT2D eigenvalue weighted by molar-refractivity contribution is 5.83. The molecule has 0 spiro atoms. The number of fused-ring (bicyclic) bond motifs is 1. The van der Waals surface area contributed by atoms with Gasteiger partial charge in [-0.05, 0) is 13.3 Å². The molecule has 3 rings (SSSR count). The zero-order valence-electron chi connectivity index (χ0n) is 14.1. The Kier molecular flexibility index (Phi) is 4.76. The highest BCUT2D eigenvalue weighted by Gasteiger charge is 2.21. The molecule has 2 heterocycles. The summed E-state index contributed by atoms with van der Waals surface area (Å²) in [6.45, 7) is 3.94. The highest BCUT2D eigenvalue weighted by Crippen LogP contribution is 2.27. The number of nitrogens with zero attached hydrogens (tertiary/aromatic N) is 4. The lowest BCUT2D eigenvalue weighted by Gasteiger charge is -2.21. The van der Waals surface area contributed by atoms with Crippen molar-refractivity contribution in [2.75, 3.05) is 5.73 Å². The minimum atomic E-state index is -0.495.